The summed E-state index contributed by atoms with van der Waals surface area (Å²) < 4.78 is 1.61. The Morgan fingerprint density at radius 2 is 1.83 bits per heavy atom. The molecule has 3 heterocycles. The number of amides is 1. The number of carbonyl (C=O) groups is 1. The lowest BCUT2D eigenvalue weighted by Gasteiger charge is -2.13. The van der Waals surface area contributed by atoms with Gasteiger partial charge in [0.1, 0.15) is 5.82 Å². The zero-order chi connectivity index (χ0) is 20.6. The monoisotopic (exact) mass is 387 g/mol. The number of aromatic nitrogens is 4. The predicted molar refractivity (Wildman–Crippen MR) is 113 cm³/mol. The Bertz CT molecular complexity index is 1250. The van der Waals surface area contributed by atoms with E-state index in [1.54, 1.807) is 23.0 Å². The van der Waals surface area contributed by atoms with Gasteiger partial charge in [0.25, 0.3) is 5.91 Å². The van der Waals surface area contributed by atoms with Crippen molar-refractivity contribution in [3.8, 4) is 5.82 Å². The highest BCUT2D eigenvalue weighted by molar-refractivity contribution is 6.12. The molecule has 0 spiro atoms. The van der Waals surface area contributed by atoms with Crippen molar-refractivity contribution < 1.29 is 4.79 Å². The number of para-hydroxylation sites is 1. The van der Waals surface area contributed by atoms with Gasteiger partial charge in [0.05, 0.1) is 11.3 Å². The summed E-state index contributed by atoms with van der Waals surface area (Å²) >= 11 is 0. The molecule has 4 rings (SSSR count). The second kappa shape index (κ2) is 7.01. The fourth-order valence-electron chi connectivity index (χ4n) is 3.07. The lowest BCUT2D eigenvalue weighted by atomic mass is 9.92. The zero-order valence-electron chi connectivity index (χ0n) is 16.4. The van der Waals surface area contributed by atoms with Gasteiger partial charge in [-0.25, -0.2) is 4.98 Å². The second-order valence-corrected chi connectivity index (χ2v) is 7.81. The van der Waals surface area contributed by atoms with Crippen LogP contribution >= 0.6 is 0 Å². The van der Waals surface area contributed by atoms with Crippen molar-refractivity contribution in [2.45, 2.75) is 26.2 Å². The van der Waals surface area contributed by atoms with E-state index in [4.69, 9.17) is 0 Å². The molecule has 3 aromatic heterocycles. The molecule has 0 radical (unpaired) electrons. The average molecular weight is 387 g/mol. The Balaban J connectivity index is 1.80. The average Bonchev–Trinajstić information content (AvgIpc) is 3.12. The third-order valence-corrected chi connectivity index (χ3v) is 4.58. The van der Waals surface area contributed by atoms with Crippen LogP contribution in [0.5, 0.6) is 0 Å². The number of carbonyl (C=O) groups excluding carboxylic acids is 1. The van der Waals surface area contributed by atoms with Crippen LogP contribution in [0.3, 0.4) is 0 Å². The highest BCUT2D eigenvalue weighted by Gasteiger charge is 2.22. The maximum Gasteiger partial charge on any atom is 0.257 e. The number of H-pyrrole nitrogens is 1. The van der Waals surface area contributed by atoms with Crippen molar-refractivity contribution in [1.29, 1.82) is 0 Å². The Labute approximate surface area is 167 Å². The molecule has 0 fully saturated rings. The first-order valence-corrected chi connectivity index (χ1v) is 9.28. The van der Waals surface area contributed by atoms with Gasteiger partial charge in [-0.15, -0.1) is 0 Å². The van der Waals surface area contributed by atoms with Gasteiger partial charge in [-0.05, 0) is 18.2 Å². The van der Waals surface area contributed by atoms with Crippen LogP contribution in [0.1, 0.15) is 36.8 Å². The molecule has 0 aliphatic rings. The number of rotatable bonds is 3. The molecule has 146 valence electrons. The Hall–Kier alpha value is -3.74. The first-order valence-electron chi connectivity index (χ1n) is 9.28. The number of pyridine rings is 2. The minimum absolute atomic E-state index is 0.212. The Morgan fingerprint density at radius 3 is 2.55 bits per heavy atom. The van der Waals surface area contributed by atoms with E-state index in [2.05, 4.69) is 20.4 Å². The van der Waals surface area contributed by atoms with Crippen molar-refractivity contribution in [2.24, 2.45) is 0 Å². The first-order chi connectivity index (χ1) is 13.8. The van der Waals surface area contributed by atoms with Crippen LogP contribution in [0.25, 0.3) is 16.7 Å². The highest BCUT2D eigenvalue weighted by atomic mass is 16.2. The van der Waals surface area contributed by atoms with Crippen molar-refractivity contribution in [3.05, 3.63) is 82.4 Å². The third-order valence-electron chi connectivity index (χ3n) is 4.58. The van der Waals surface area contributed by atoms with Gasteiger partial charge in [0.2, 0.25) is 5.56 Å². The van der Waals surface area contributed by atoms with Gasteiger partial charge < -0.3 is 10.3 Å². The minimum atomic E-state index is -0.384. The number of nitrogens with zero attached hydrogens (tertiary/aromatic N) is 3. The quantitative estimate of drug-likeness (QED) is 0.561. The van der Waals surface area contributed by atoms with Gasteiger partial charge in [-0.1, -0.05) is 45.0 Å². The van der Waals surface area contributed by atoms with Crippen molar-refractivity contribution in [3.63, 3.8) is 0 Å². The van der Waals surface area contributed by atoms with E-state index >= 15 is 0 Å². The maximum atomic E-state index is 13.1. The number of hydrogen-bond donors (Lipinski definition) is 2. The fourth-order valence-corrected chi connectivity index (χ4v) is 3.07. The van der Waals surface area contributed by atoms with Crippen LogP contribution in [-0.2, 0) is 5.41 Å². The van der Waals surface area contributed by atoms with Crippen LogP contribution in [0.2, 0.25) is 0 Å². The fraction of sp³-hybridized carbons (Fsp3) is 0.182. The summed E-state index contributed by atoms with van der Waals surface area (Å²) in [5, 5.41) is 8.23. The van der Waals surface area contributed by atoms with Crippen LogP contribution in [-0.4, -0.2) is 25.7 Å². The molecule has 7 nitrogen and oxygen atoms in total. The van der Waals surface area contributed by atoms with Crippen molar-refractivity contribution >= 4 is 22.6 Å². The summed E-state index contributed by atoms with van der Waals surface area (Å²) in [4.78, 5) is 32.2. The lowest BCUT2D eigenvalue weighted by Crippen LogP contribution is -2.18. The molecule has 29 heavy (non-hydrogen) atoms. The summed E-state index contributed by atoms with van der Waals surface area (Å²) in [7, 11) is 0. The van der Waals surface area contributed by atoms with Gasteiger partial charge in [-0.3, -0.25) is 9.59 Å². The third kappa shape index (κ3) is 3.67. The normalized spacial score (nSPS) is 11.6. The molecule has 0 bridgehead atoms. The second-order valence-electron chi connectivity index (χ2n) is 7.81. The summed E-state index contributed by atoms with van der Waals surface area (Å²) in [6.07, 6.45) is 1.67. The number of benzene rings is 1. The molecular weight excluding hydrogens is 366 g/mol. The molecule has 4 aromatic rings. The number of fused-ring (bicyclic) bond motifs is 1. The van der Waals surface area contributed by atoms with E-state index in [1.165, 1.54) is 6.07 Å². The van der Waals surface area contributed by atoms with Gasteiger partial charge in [-0.2, -0.15) is 9.78 Å². The van der Waals surface area contributed by atoms with E-state index in [0.29, 0.717) is 28.1 Å². The van der Waals surface area contributed by atoms with Crippen molar-refractivity contribution in [1.82, 2.24) is 19.7 Å². The van der Waals surface area contributed by atoms with E-state index in [1.807, 2.05) is 57.2 Å². The van der Waals surface area contributed by atoms with Crippen LogP contribution in [0, 0.1) is 0 Å². The van der Waals surface area contributed by atoms with Gasteiger partial charge in [0, 0.05) is 34.6 Å². The van der Waals surface area contributed by atoms with E-state index in [-0.39, 0.29) is 16.9 Å². The molecular formula is C22H21N5O2. The van der Waals surface area contributed by atoms with Crippen LogP contribution in [0.4, 0.5) is 5.82 Å². The van der Waals surface area contributed by atoms with E-state index in [0.717, 1.165) is 5.69 Å². The molecule has 0 aliphatic heterocycles. The number of nitrogens with one attached hydrogen (secondary N) is 2. The predicted octanol–water partition coefficient (Wildman–Crippen LogP) is 3.66. The molecule has 0 saturated heterocycles. The molecule has 1 amide bonds. The van der Waals surface area contributed by atoms with Crippen LogP contribution in [0.15, 0.2) is 65.6 Å². The molecule has 2 N–H and O–H groups in total. The minimum Gasteiger partial charge on any atom is -0.322 e. The standard InChI is InChI=1S/C22H21N5O2/c1-22(2,3)17-13-19(27(26-17)18-10-6-7-11-23-18)25-21(29)15-12-20(28)24-16-9-5-4-8-14(15)16/h4-13H,1-3H3,(H,24,28)(H,25,29). The molecule has 0 saturated carbocycles. The maximum absolute atomic E-state index is 13.1. The molecule has 7 heteroatoms. The highest BCUT2D eigenvalue weighted by Crippen LogP contribution is 2.26. The first kappa shape index (κ1) is 18.6. The molecule has 0 unspecified atom stereocenters. The molecule has 0 aliphatic carbocycles. The van der Waals surface area contributed by atoms with Gasteiger partial charge >= 0.3 is 0 Å². The van der Waals surface area contributed by atoms with E-state index < -0.39 is 0 Å². The van der Waals surface area contributed by atoms with Crippen LogP contribution < -0.4 is 10.9 Å². The zero-order valence-corrected chi connectivity index (χ0v) is 16.4. The Morgan fingerprint density at radius 1 is 1.07 bits per heavy atom. The number of hydrogen-bond acceptors (Lipinski definition) is 4. The largest absolute Gasteiger partial charge is 0.322 e. The number of anilines is 1. The SMILES string of the molecule is CC(C)(C)c1cc(NC(=O)c2cc(=O)[nH]c3ccccc23)n(-c2ccccn2)n1. The topological polar surface area (TPSA) is 92.7 Å². The summed E-state index contributed by atoms with van der Waals surface area (Å²) in [5.74, 6) is 0.696. The Kier molecular flexibility index (Phi) is 4.50. The number of aromatic amines is 1. The van der Waals surface area contributed by atoms with E-state index in [9.17, 15) is 9.59 Å². The smallest absolute Gasteiger partial charge is 0.257 e. The lowest BCUT2D eigenvalue weighted by molar-refractivity contribution is 0.102. The van der Waals surface area contributed by atoms with Crippen molar-refractivity contribution in [2.75, 3.05) is 5.32 Å². The summed E-state index contributed by atoms with van der Waals surface area (Å²) in [5.41, 5.74) is 1.18. The molecule has 1 aromatic carbocycles. The molecule has 0 atom stereocenters. The summed E-state index contributed by atoms with van der Waals surface area (Å²) in [6, 6.07) is 15.8. The summed E-state index contributed by atoms with van der Waals surface area (Å²) in [6.45, 7) is 6.15. The van der Waals surface area contributed by atoms with Gasteiger partial charge in [0.15, 0.2) is 5.82 Å².